The van der Waals surface area contributed by atoms with Crippen molar-refractivity contribution in [2.75, 3.05) is 31.1 Å². The van der Waals surface area contributed by atoms with Crippen LogP contribution in [0.5, 0.6) is 5.75 Å². The fourth-order valence-corrected chi connectivity index (χ4v) is 4.64. The van der Waals surface area contributed by atoms with Gasteiger partial charge in [0.25, 0.3) is 0 Å². The van der Waals surface area contributed by atoms with Crippen molar-refractivity contribution in [3.8, 4) is 5.75 Å². The Hall–Kier alpha value is -3.41. The number of nitrogens with zero attached hydrogens (tertiary/aromatic N) is 2. The molecule has 0 aliphatic carbocycles. The predicted molar refractivity (Wildman–Crippen MR) is 132 cm³/mol. The van der Waals surface area contributed by atoms with E-state index in [2.05, 4.69) is 58.0 Å². The molecule has 5 rings (SSSR count). The Bertz CT molecular complexity index is 1030. The normalized spacial score (nSPS) is 19.0. The number of benzene rings is 2. The molecular weight excluding hydrogens is 412 g/mol. The zero-order valence-corrected chi connectivity index (χ0v) is 19.0. The number of fused-ring (bicyclic) bond motifs is 1. The molecule has 1 saturated heterocycles. The standard InChI is InChI=1S/C27H32N4O2/c1-2-7-22(8-3-1)31-17-13-21(14-18-31)29-27(28-16-12-23-9-6-19-32-23)30-25-15-20-33-26-11-5-4-10-24(25)26/h1-11,19,21,25H,12-18,20H2,(H2,28,29,30). The first-order chi connectivity index (χ1) is 16.3. The lowest BCUT2D eigenvalue weighted by Gasteiger charge is -2.35. The third kappa shape index (κ3) is 5.51. The van der Waals surface area contributed by atoms with Gasteiger partial charge in [-0.25, -0.2) is 0 Å². The van der Waals surface area contributed by atoms with Crippen LogP contribution >= 0.6 is 0 Å². The van der Waals surface area contributed by atoms with Gasteiger partial charge in [-0.2, -0.15) is 0 Å². The third-order valence-corrected chi connectivity index (χ3v) is 6.43. The van der Waals surface area contributed by atoms with Crippen molar-refractivity contribution in [1.29, 1.82) is 0 Å². The van der Waals surface area contributed by atoms with Crippen LogP contribution in [-0.4, -0.2) is 38.2 Å². The molecule has 33 heavy (non-hydrogen) atoms. The number of hydrogen-bond donors (Lipinski definition) is 2. The number of guanidine groups is 1. The molecule has 3 heterocycles. The monoisotopic (exact) mass is 444 g/mol. The molecule has 1 aromatic heterocycles. The first-order valence-corrected chi connectivity index (χ1v) is 12.0. The second-order valence-electron chi connectivity index (χ2n) is 8.67. The molecule has 1 atom stereocenters. The largest absolute Gasteiger partial charge is 0.493 e. The maximum Gasteiger partial charge on any atom is 0.191 e. The van der Waals surface area contributed by atoms with E-state index < -0.39 is 0 Å². The van der Waals surface area contributed by atoms with Gasteiger partial charge in [-0.3, -0.25) is 4.99 Å². The van der Waals surface area contributed by atoms with E-state index in [-0.39, 0.29) is 6.04 Å². The number of piperidine rings is 1. The van der Waals surface area contributed by atoms with E-state index in [1.807, 2.05) is 24.3 Å². The highest BCUT2D eigenvalue weighted by Crippen LogP contribution is 2.31. The molecule has 2 aromatic carbocycles. The van der Waals surface area contributed by atoms with Gasteiger partial charge in [-0.05, 0) is 43.2 Å². The Labute approximate surface area is 195 Å². The molecule has 1 fully saturated rings. The molecule has 2 N–H and O–H groups in total. The van der Waals surface area contributed by atoms with Crippen LogP contribution in [0.1, 0.15) is 36.6 Å². The summed E-state index contributed by atoms with van der Waals surface area (Å²) in [5.41, 5.74) is 2.50. The van der Waals surface area contributed by atoms with Crippen LogP contribution in [0.15, 0.2) is 82.4 Å². The van der Waals surface area contributed by atoms with E-state index in [9.17, 15) is 0 Å². The Balaban J connectivity index is 1.24. The quantitative estimate of drug-likeness (QED) is 0.431. The summed E-state index contributed by atoms with van der Waals surface area (Å²) in [5.74, 6) is 2.81. The van der Waals surface area contributed by atoms with Gasteiger partial charge in [0.2, 0.25) is 0 Å². The fourth-order valence-electron chi connectivity index (χ4n) is 4.64. The summed E-state index contributed by atoms with van der Waals surface area (Å²) < 4.78 is 11.3. The minimum Gasteiger partial charge on any atom is -0.493 e. The minimum atomic E-state index is 0.189. The number of para-hydroxylation sites is 2. The summed E-state index contributed by atoms with van der Waals surface area (Å²) in [6.07, 6.45) is 5.59. The summed E-state index contributed by atoms with van der Waals surface area (Å²) in [6, 6.07) is 23.5. The second-order valence-corrected chi connectivity index (χ2v) is 8.67. The maximum absolute atomic E-state index is 5.85. The highest BCUT2D eigenvalue weighted by Gasteiger charge is 2.24. The van der Waals surface area contributed by atoms with Crippen molar-refractivity contribution in [2.45, 2.75) is 37.8 Å². The molecule has 0 spiro atoms. The van der Waals surface area contributed by atoms with Crippen LogP contribution in [0.2, 0.25) is 0 Å². The van der Waals surface area contributed by atoms with Gasteiger partial charge in [-0.1, -0.05) is 36.4 Å². The van der Waals surface area contributed by atoms with Gasteiger partial charge >= 0.3 is 0 Å². The Morgan fingerprint density at radius 1 is 0.909 bits per heavy atom. The molecule has 6 heteroatoms. The van der Waals surface area contributed by atoms with E-state index in [4.69, 9.17) is 14.1 Å². The van der Waals surface area contributed by atoms with Crippen molar-refractivity contribution >= 4 is 11.6 Å². The zero-order chi connectivity index (χ0) is 22.3. The maximum atomic E-state index is 5.85. The Morgan fingerprint density at radius 3 is 2.55 bits per heavy atom. The second kappa shape index (κ2) is 10.5. The first-order valence-electron chi connectivity index (χ1n) is 12.0. The summed E-state index contributed by atoms with van der Waals surface area (Å²) in [6.45, 7) is 3.48. The van der Waals surface area contributed by atoms with Crippen LogP contribution in [-0.2, 0) is 6.42 Å². The molecule has 0 saturated carbocycles. The summed E-state index contributed by atoms with van der Waals surface area (Å²) in [5, 5.41) is 7.42. The lowest BCUT2D eigenvalue weighted by atomic mass is 10.0. The van der Waals surface area contributed by atoms with Crippen molar-refractivity contribution in [1.82, 2.24) is 10.6 Å². The van der Waals surface area contributed by atoms with Crippen LogP contribution < -0.4 is 20.3 Å². The molecule has 172 valence electrons. The highest BCUT2D eigenvalue weighted by atomic mass is 16.5. The summed E-state index contributed by atoms with van der Waals surface area (Å²) in [4.78, 5) is 7.38. The van der Waals surface area contributed by atoms with E-state index >= 15 is 0 Å². The molecule has 3 aromatic rings. The lowest BCUT2D eigenvalue weighted by Crippen LogP contribution is -2.50. The van der Waals surface area contributed by atoms with Crippen LogP contribution in [0.4, 0.5) is 5.69 Å². The fraction of sp³-hybridized carbons (Fsp3) is 0.370. The number of anilines is 1. The van der Waals surface area contributed by atoms with Crippen LogP contribution in [0.25, 0.3) is 0 Å². The topological polar surface area (TPSA) is 62.0 Å². The summed E-state index contributed by atoms with van der Waals surface area (Å²) >= 11 is 0. The zero-order valence-electron chi connectivity index (χ0n) is 19.0. The number of furan rings is 1. The Morgan fingerprint density at radius 2 is 1.73 bits per heavy atom. The molecule has 1 unspecified atom stereocenters. The highest BCUT2D eigenvalue weighted by molar-refractivity contribution is 5.80. The number of ether oxygens (including phenoxy) is 1. The molecule has 2 aliphatic rings. The SMILES string of the molecule is c1ccc(N2CCC(NC(=NCCc3ccco3)NC3CCOc4ccccc43)CC2)cc1. The lowest BCUT2D eigenvalue weighted by molar-refractivity contribution is 0.261. The average Bonchev–Trinajstić information content (AvgIpc) is 3.39. The third-order valence-electron chi connectivity index (χ3n) is 6.43. The van der Waals surface area contributed by atoms with Crippen LogP contribution in [0.3, 0.4) is 0 Å². The number of nitrogens with one attached hydrogen (secondary N) is 2. The van der Waals surface area contributed by atoms with Gasteiger partial charge < -0.3 is 24.7 Å². The van der Waals surface area contributed by atoms with Gasteiger partial charge in [0.05, 0.1) is 18.9 Å². The molecule has 2 aliphatic heterocycles. The minimum absolute atomic E-state index is 0.189. The van der Waals surface area contributed by atoms with E-state index in [1.165, 1.54) is 11.3 Å². The molecule has 0 radical (unpaired) electrons. The van der Waals surface area contributed by atoms with Crippen molar-refractivity contribution in [2.24, 2.45) is 4.99 Å². The summed E-state index contributed by atoms with van der Waals surface area (Å²) in [7, 11) is 0. The van der Waals surface area contributed by atoms with Gasteiger partial charge in [0.15, 0.2) is 5.96 Å². The number of hydrogen-bond acceptors (Lipinski definition) is 4. The number of rotatable bonds is 6. The smallest absolute Gasteiger partial charge is 0.191 e. The van der Waals surface area contributed by atoms with Gasteiger partial charge in [0, 0.05) is 49.8 Å². The van der Waals surface area contributed by atoms with E-state index in [0.29, 0.717) is 19.2 Å². The molecule has 0 bridgehead atoms. The van der Waals surface area contributed by atoms with Crippen molar-refractivity contribution in [3.05, 3.63) is 84.3 Å². The van der Waals surface area contributed by atoms with Crippen molar-refractivity contribution in [3.63, 3.8) is 0 Å². The van der Waals surface area contributed by atoms with E-state index in [1.54, 1.807) is 6.26 Å². The van der Waals surface area contributed by atoms with E-state index in [0.717, 1.165) is 56.2 Å². The molecule has 6 nitrogen and oxygen atoms in total. The average molecular weight is 445 g/mol. The first kappa shape index (κ1) is 21.4. The van der Waals surface area contributed by atoms with Crippen molar-refractivity contribution < 1.29 is 9.15 Å². The Kier molecular flexibility index (Phi) is 6.80. The van der Waals surface area contributed by atoms with Gasteiger partial charge in [-0.15, -0.1) is 0 Å². The number of aliphatic imine (C=N–C) groups is 1. The van der Waals surface area contributed by atoms with Gasteiger partial charge in [0.1, 0.15) is 11.5 Å². The molecule has 0 amide bonds. The molecular formula is C27H32N4O2. The predicted octanol–water partition coefficient (Wildman–Crippen LogP) is 4.55. The van der Waals surface area contributed by atoms with Crippen LogP contribution in [0, 0.1) is 0 Å².